The molecule has 29 heavy (non-hydrogen) atoms. The number of anilines is 1. The lowest BCUT2D eigenvalue weighted by molar-refractivity contribution is -0.120. The Morgan fingerprint density at radius 1 is 0.897 bits per heavy atom. The summed E-state index contributed by atoms with van der Waals surface area (Å²) in [7, 11) is 1.58. The number of carbonyl (C=O) groups excluding carboxylic acids is 2. The highest BCUT2D eigenvalue weighted by atomic mass is 35.5. The van der Waals surface area contributed by atoms with Gasteiger partial charge in [0.1, 0.15) is 11.4 Å². The van der Waals surface area contributed by atoms with Crippen LogP contribution >= 0.6 is 23.2 Å². The van der Waals surface area contributed by atoms with E-state index in [-0.39, 0.29) is 10.9 Å². The zero-order valence-electron chi connectivity index (χ0n) is 16.0. The van der Waals surface area contributed by atoms with Gasteiger partial charge in [0.25, 0.3) is 11.8 Å². The zero-order chi connectivity index (χ0) is 20.5. The van der Waals surface area contributed by atoms with Crippen molar-refractivity contribution in [2.75, 3.05) is 25.1 Å². The summed E-state index contributed by atoms with van der Waals surface area (Å²) < 4.78 is 5.22. The Bertz CT molecular complexity index is 996. The Balaban J connectivity index is 1.84. The second kappa shape index (κ2) is 8.09. The molecule has 2 heterocycles. The number of hydrogen-bond donors (Lipinski definition) is 0. The van der Waals surface area contributed by atoms with Crippen LogP contribution in [0.5, 0.6) is 5.75 Å². The number of methoxy groups -OCH3 is 1. The first-order valence-electron chi connectivity index (χ1n) is 9.49. The third-order valence-electron chi connectivity index (χ3n) is 5.28. The molecule has 2 aliphatic heterocycles. The van der Waals surface area contributed by atoms with Gasteiger partial charge in [-0.2, -0.15) is 0 Å². The molecule has 2 aromatic rings. The summed E-state index contributed by atoms with van der Waals surface area (Å²) in [4.78, 5) is 30.1. The van der Waals surface area contributed by atoms with Crippen molar-refractivity contribution in [1.82, 2.24) is 4.90 Å². The van der Waals surface area contributed by atoms with E-state index >= 15 is 0 Å². The van der Waals surface area contributed by atoms with Crippen LogP contribution < -0.4 is 9.64 Å². The SMILES string of the molecule is COc1ccc(C2=C(N3CCCCC3)C(=O)N(c3cccc(Cl)c3Cl)C2=O)cc1. The molecule has 0 aliphatic carbocycles. The first-order valence-corrected chi connectivity index (χ1v) is 10.2. The highest BCUT2D eigenvalue weighted by molar-refractivity contribution is 6.49. The Morgan fingerprint density at radius 3 is 2.24 bits per heavy atom. The van der Waals surface area contributed by atoms with E-state index in [2.05, 4.69) is 0 Å². The first-order chi connectivity index (χ1) is 14.0. The summed E-state index contributed by atoms with van der Waals surface area (Å²) in [5, 5.41) is 0.479. The van der Waals surface area contributed by atoms with Gasteiger partial charge >= 0.3 is 0 Å². The Hall–Kier alpha value is -2.50. The third kappa shape index (κ3) is 3.49. The first kappa shape index (κ1) is 19.8. The van der Waals surface area contributed by atoms with Crippen LogP contribution in [0, 0.1) is 0 Å². The van der Waals surface area contributed by atoms with E-state index in [9.17, 15) is 9.59 Å². The fraction of sp³-hybridized carbons (Fsp3) is 0.273. The number of ether oxygens (including phenoxy) is 1. The molecule has 0 atom stereocenters. The normalized spacial score (nSPS) is 17.3. The van der Waals surface area contributed by atoms with E-state index in [0.29, 0.717) is 33.3 Å². The zero-order valence-corrected chi connectivity index (χ0v) is 17.5. The van der Waals surface area contributed by atoms with Crippen LogP contribution in [-0.4, -0.2) is 36.9 Å². The van der Waals surface area contributed by atoms with Crippen LogP contribution in [0.3, 0.4) is 0 Å². The monoisotopic (exact) mass is 430 g/mol. The van der Waals surface area contributed by atoms with Gasteiger partial charge in [-0.15, -0.1) is 0 Å². The number of hydrogen-bond acceptors (Lipinski definition) is 4. The molecule has 2 aromatic carbocycles. The molecule has 1 saturated heterocycles. The molecule has 2 aliphatic rings. The molecular weight excluding hydrogens is 411 g/mol. The highest BCUT2D eigenvalue weighted by Crippen LogP contribution is 2.40. The number of nitrogens with zero attached hydrogens (tertiary/aromatic N) is 2. The van der Waals surface area contributed by atoms with Crippen LogP contribution in [-0.2, 0) is 9.59 Å². The predicted octanol–water partition coefficient (Wildman–Crippen LogP) is 4.77. The fourth-order valence-electron chi connectivity index (χ4n) is 3.83. The van der Waals surface area contributed by atoms with Gasteiger partial charge in [0.2, 0.25) is 0 Å². The van der Waals surface area contributed by atoms with E-state index in [4.69, 9.17) is 27.9 Å². The van der Waals surface area contributed by atoms with Crippen LogP contribution in [0.25, 0.3) is 5.57 Å². The van der Waals surface area contributed by atoms with Gasteiger partial charge in [0.05, 0.1) is 28.4 Å². The summed E-state index contributed by atoms with van der Waals surface area (Å²) in [6.45, 7) is 1.48. The molecule has 0 spiro atoms. The van der Waals surface area contributed by atoms with E-state index in [0.717, 1.165) is 37.3 Å². The number of carbonyl (C=O) groups is 2. The predicted molar refractivity (Wildman–Crippen MR) is 114 cm³/mol. The average Bonchev–Trinajstić information content (AvgIpc) is 3.01. The standard InChI is InChI=1S/C22H20Cl2N2O3/c1-29-15-10-8-14(9-11-15)18-20(25-12-3-2-4-13-25)22(28)26(21(18)27)17-7-5-6-16(23)19(17)24/h5-11H,2-4,12-13H2,1H3. The van der Waals surface area contributed by atoms with Gasteiger partial charge in [-0.05, 0) is 49.1 Å². The maximum Gasteiger partial charge on any atom is 0.282 e. The molecular formula is C22H20Cl2N2O3. The summed E-state index contributed by atoms with van der Waals surface area (Å²) in [6, 6.07) is 12.1. The number of likely N-dealkylation sites (tertiary alicyclic amines) is 1. The molecule has 0 N–H and O–H groups in total. The largest absolute Gasteiger partial charge is 0.497 e. The smallest absolute Gasteiger partial charge is 0.282 e. The number of imide groups is 1. The lowest BCUT2D eigenvalue weighted by Gasteiger charge is -2.29. The van der Waals surface area contributed by atoms with Gasteiger partial charge in [-0.3, -0.25) is 9.59 Å². The van der Waals surface area contributed by atoms with Crippen molar-refractivity contribution in [3.63, 3.8) is 0 Å². The van der Waals surface area contributed by atoms with E-state index in [1.165, 1.54) is 0 Å². The topological polar surface area (TPSA) is 49.9 Å². The average molecular weight is 431 g/mol. The van der Waals surface area contributed by atoms with Crippen molar-refractivity contribution in [2.45, 2.75) is 19.3 Å². The van der Waals surface area contributed by atoms with Crippen LogP contribution in [0.2, 0.25) is 10.0 Å². The molecule has 0 saturated carbocycles. The summed E-state index contributed by atoms with van der Waals surface area (Å²) >= 11 is 12.5. The molecule has 4 rings (SSSR count). The lowest BCUT2D eigenvalue weighted by Crippen LogP contribution is -2.37. The molecule has 0 aromatic heterocycles. The number of halogens is 2. The van der Waals surface area contributed by atoms with Crippen molar-refractivity contribution in [3.05, 3.63) is 63.8 Å². The maximum atomic E-state index is 13.5. The van der Waals surface area contributed by atoms with Crippen molar-refractivity contribution in [3.8, 4) is 5.75 Å². The van der Waals surface area contributed by atoms with Crippen molar-refractivity contribution >= 4 is 46.3 Å². The Morgan fingerprint density at radius 2 is 1.59 bits per heavy atom. The van der Waals surface area contributed by atoms with Gasteiger partial charge in [0.15, 0.2) is 0 Å². The lowest BCUT2D eigenvalue weighted by atomic mass is 10.0. The molecule has 1 fully saturated rings. The minimum atomic E-state index is -0.398. The molecule has 2 amide bonds. The minimum absolute atomic E-state index is 0.185. The van der Waals surface area contributed by atoms with E-state index < -0.39 is 5.91 Å². The van der Waals surface area contributed by atoms with Crippen molar-refractivity contribution < 1.29 is 14.3 Å². The van der Waals surface area contributed by atoms with Crippen molar-refractivity contribution in [1.29, 1.82) is 0 Å². The molecule has 150 valence electrons. The summed E-state index contributed by atoms with van der Waals surface area (Å²) in [5.41, 5.74) is 1.78. The maximum absolute atomic E-state index is 13.5. The highest BCUT2D eigenvalue weighted by Gasteiger charge is 2.43. The Kier molecular flexibility index (Phi) is 5.52. The number of amides is 2. The second-order valence-corrected chi connectivity index (χ2v) is 7.80. The van der Waals surface area contributed by atoms with Crippen LogP contribution in [0.1, 0.15) is 24.8 Å². The summed E-state index contributed by atoms with van der Waals surface area (Å²) in [5.74, 6) is -0.0859. The van der Waals surface area contributed by atoms with Gasteiger partial charge in [-0.1, -0.05) is 41.4 Å². The quantitative estimate of drug-likeness (QED) is 0.655. The molecule has 5 nitrogen and oxygen atoms in total. The minimum Gasteiger partial charge on any atom is -0.497 e. The molecule has 0 bridgehead atoms. The Labute approximate surface area is 179 Å². The van der Waals surface area contributed by atoms with Crippen molar-refractivity contribution in [2.24, 2.45) is 0 Å². The second-order valence-electron chi connectivity index (χ2n) is 7.02. The van der Waals surface area contributed by atoms with Gasteiger partial charge in [0, 0.05) is 13.1 Å². The summed E-state index contributed by atoms with van der Waals surface area (Å²) in [6.07, 6.45) is 3.09. The number of rotatable bonds is 4. The number of piperidine rings is 1. The fourth-order valence-corrected chi connectivity index (χ4v) is 4.21. The third-order valence-corrected chi connectivity index (χ3v) is 6.09. The van der Waals surface area contributed by atoms with Gasteiger partial charge < -0.3 is 9.64 Å². The number of benzene rings is 2. The van der Waals surface area contributed by atoms with Crippen LogP contribution in [0.15, 0.2) is 48.2 Å². The van der Waals surface area contributed by atoms with E-state index in [1.54, 1.807) is 49.6 Å². The van der Waals surface area contributed by atoms with Gasteiger partial charge in [-0.25, -0.2) is 4.90 Å². The molecule has 7 heteroatoms. The molecule has 0 unspecified atom stereocenters. The molecule has 0 radical (unpaired) electrons. The van der Waals surface area contributed by atoms with Crippen LogP contribution in [0.4, 0.5) is 5.69 Å². The van der Waals surface area contributed by atoms with E-state index in [1.807, 2.05) is 4.90 Å².